The van der Waals surface area contributed by atoms with E-state index in [9.17, 15) is 0 Å². The molecule has 3 nitrogen and oxygen atoms in total. The van der Waals surface area contributed by atoms with Gasteiger partial charge in [0.15, 0.2) is 0 Å². The van der Waals surface area contributed by atoms with Gasteiger partial charge in [-0.05, 0) is 52.9 Å². The monoisotopic (exact) mass is 841 g/mol. The summed E-state index contributed by atoms with van der Waals surface area (Å²) in [6, 6.07) is 41.9. The first-order valence-corrected chi connectivity index (χ1v) is 22.9. The van der Waals surface area contributed by atoms with Crippen molar-refractivity contribution in [1.82, 2.24) is 9.97 Å². The number of fused-ring (bicyclic) bond motifs is 3. The molecule has 7 aromatic rings. The Balaban J connectivity index is 0.000000209. The molecule has 1 radical (unpaired) electrons. The fourth-order valence-electron chi connectivity index (χ4n) is 5.54. The quantitative estimate of drug-likeness (QED) is 0.128. The molecule has 0 amide bonds. The Hall–Kier alpha value is -3.83. The van der Waals surface area contributed by atoms with Crippen LogP contribution in [0.3, 0.4) is 0 Å². The van der Waals surface area contributed by atoms with Gasteiger partial charge in [-0.1, -0.05) is 61.7 Å². The van der Waals surface area contributed by atoms with Crippen LogP contribution in [0.25, 0.3) is 55.6 Å². The first kappa shape index (κ1) is 33.5. The van der Waals surface area contributed by atoms with Crippen LogP contribution in [0.15, 0.2) is 120 Å². The van der Waals surface area contributed by atoms with Gasteiger partial charge in [-0.3, -0.25) is 0 Å². The van der Waals surface area contributed by atoms with E-state index in [2.05, 4.69) is 127 Å². The van der Waals surface area contributed by atoms with E-state index >= 15 is 0 Å². The third kappa shape index (κ3) is 7.42. The van der Waals surface area contributed by atoms with Gasteiger partial charge in [0.2, 0.25) is 0 Å². The van der Waals surface area contributed by atoms with E-state index in [-0.39, 0.29) is 20.1 Å². The van der Waals surface area contributed by atoms with E-state index in [1.165, 1.54) is 26.6 Å². The van der Waals surface area contributed by atoms with E-state index in [0.717, 1.165) is 44.5 Å². The van der Waals surface area contributed by atoms with Gasteiger partial charge < -0.3 is 9.40 Å². The number of pyridine rings is 2. The first-order valence-electron chi connectivity index (χ1n) is 15.5. The second kappa shape index (κ2) is 14.3. The Morgan fingerprint density at radius 1 is 0.674 bits per heavy atom. The number of aryl methyl sites for hydroxylation is 1. The normalized spacial score (nSPS) is 11.3. The third-order valence-corrected chi connectivity index (χ3v) is 12.4. The van der Waals surface area contributed by atoms with Crippen molar-refractivity contribution in [3.05, 3.63) is 139 Å². The van der Waals surface area contributed by atoms with Gasteiger partial charge in [-0.2, -0.15) is 0 Å². The minimum absolute atomic E-state index is 0. The summed E-state index contributed by atoms with van der Waals surface area (Å²) in [5.74, 6) is 7.60. The standard InChI is InChI=1S/C27H22NO.C14H16GeN.Ir/c1-17(2)22-15-25(28-16-18(22)3)21-10-12-27-24(14-21)23-13-20(9-11-26(23)29-27)19-7-5-4-6-8-19;1-15(2,3)13-9-10-14(16-11-13)12-7-5-4-6-8-12;/h4-9,11-17H,1-3H3;4-7,9-11H,1-3H3;/q2*-1;. The average Bonchev–Trinajstić information content (AvgIpc) is 3.43. The van der Waals surface area contributed by atoms with Crippen LogP contribution in [0, 0.1) is 19.1 Å². The maximum absolute atomic E-state index is 6.06. The van der Waals surface area contributed by atoms with Gasteiger partial charge in [0.1, 0.15) is 5.58 Å². The second-order valence-electron chi connectivity index (χ2n) is 12.8. The smallest absolute Gasteiger partial charge is 0 e. The minimum Gasteiger partial charge on any atom is 0 e. The van der Waals surface area contributed by atoms with Crippen LogP contribution in [-0.4, -0.2) is 23.2 Å². The zero-order chi connectivity index (χ0) is 31.6. The fraction of sp³-hybridized carbons (Fsp3) is 0.171. The predicted molar refractivity (Wildman–Crippen MR) is 192 cm³/mol. The SMILES string of the molecule is Cc1cnc(-c2[c-]cc3oc4ccc(-c5ccccc5)cc4c3c2)cc1C(C)C.[CH3][Ge]([CH3])([CH3])[c]1ccc(-c2[c-]cccc2)nc1.[Ir]. The molecule has 3 aromatic heterocycles. The Kier molecular flexibility index (Phi) is 10.4. The Labute approximate surface area is 288 Å². The molecular formula is C41H38GeIrN2O-2. The molecule has 0 unspecified atom stereocenters. The average molecular weight is 840 g/mol. The van der Waals surface area contributed by atoms with Crippen molar-refractivity contribution >= 4 is 39.6 Å². The van der Waals surface area contributed by atoms with Crippen molar-refractivity contribution in [1.29, 1.82) is 0 Å². The van der Waals surface area contributed by atoms with Gasteiger partial charge in [-0.25, -0.2) is 0 Å². The number of rotatable bonds is 5. The molecule has 0 spiro atoms. The summed E-state index contributed by atoms with van der Waals surface area (Å²) < 4.78 is 7.51. The maximum Gasteiger partial charge on any atom is 0 e. The van der Waals surface area contributed by atoms with Crippen LogP contribution in [0.4, 0.5) is 0 Å². The van der Waals surface area contributed by atoms with E-state index in [1.807, 2.05) is 48.8 Å². The van der Waals surface area contributed by atoms with E-state index < -0.39 is 13.3 Å². The molecule has 7 rings (SSSR count). The predicted octanol–water partition coefficient (Wildman–Crippen LogP) is 10.6. The van der Waals surface area contributed by atoms with Crippen LogP contribution in [0.5, 0.6) is 0 Å². The van der Waals surface area contributed by atoms with Gasteiger partial charge in [0, 0.05) is 31.7 Å². The second-order valence-corrected chi connectivity index (χ2v) is 23.5. The van der Waals surface area contributed by atoms with Gasteiger partial charge in [0.05, 0.1) is 5.58 Å². The Morgan fingerprint density at radius 2 is 1.41 bits per heavy atom. The van der Waals surface area contributed by atoms with Crippen molar-refractivity contribution < 1.29 is 24.5 Å². The summed E-state index contributed by atoms with van der Waals surface area (Å²) in [6.45, 7) is 6.55. The molecule has 0 aliphatic heterocycles. The first-order chi connectivity index (χ1) is 21.7. The largest absolute Gasteiger partial charge is 0 e. The molecule has 0 aliphatic rings. The molecule has 0 N–H and O–H groups in total. The zero-order valence-electron chi connectivity index (χ0n) is 27.2. The van der Waals surface area contributed by atoms with E-state index in [1.54, 1.807) is 0 Å². The molecular weight excluding hydrogens is 801 g/mol. The number of benzene rings is 4. The fourth-order valence-corrected chi connectivity index (χ4v) is 7.71. The molecule has 4 aromatic carbocycles. The van der Waals surface area contributed by atoms with Crippen LogP contribution >= 0.6 is 0 Å². The molecule has 0 atom stereocenters. The van der Waals surface area contributed by atoms with E-state index in [0.29, 0.717) is 5.92 Å². The summed E-state index contributed by atoms with van der Waals surface area (Å²) in [4.78, 5) is 9.20. The minimum atomic E-state index is -1.72. The molecule has 0 saturated carbocycles. The summed E-state index contributed by atoms with van der Waals surface area (Å²) in [6.07, 6.45) is 4.00. The number of furan rings is 1. The van der Waals surface area contributed by atoms with Crippen molar-refractivity contribution in [3.63, 3.8) is 0 Å². The van der Waals surface area contributed by atoms with Crippen LogP contribution < -0.4 is 4.40 Å². The maximum atomic E-state index is 6.06. The number of hydrogen-bond donors (Lipinski definition) is 0. The van der Waals surface area contributed by atoms with Gasteiger partial charge in [-0.15, -0.1) is 23.8 Å². The van der Waals surface area contributed by atoms with Crippen LogP contribution in [0.1, 0.15) is 30.9 Å². The molecule has 46 heavy (non-hydrogen) atoms. The van der Waals surface area contributed by atoms with Gasteiger partial charge in [0.25, 0.3) is 0 Å². The molecule has 0 fully saturated rings. The summed E-state index contributed by atoms with van der Waals surface area (Å²) in [5, 5.41) is 2.22. The Bertz CT molecular complexity index is 2060. The summed E-state index contributed by atoms with van der Waals surface area (Å²) >= 11 is -1.72. The van der Waals surface area contributed by atoms with Crippen molar-refractivity contribution in [2.45, 2.75) is 44.0 Å². The number of aromatic nitrogens is 2. The molecule has 0 bridgehead atoms. The molecule has 3 heterocycles. The van der Waals surface area contributed by atoms with Crippen LogP contribution in [-0.2, 0) is 20.1 Å². The van der Waals surface area contributed by atoms with Crippen LogP contribution in [0.2, 0.25) is 17.3 Å². The van der Waals surface area contributed by atoms with E-state index in [4.69, 9.17) is 4.42 Å². The van der Waals surface area contributed by atoms with Crippen molar-refractivity contribution in [3.8, 4) is 33.6 Å². The summed E-state index contributed by atoms with van der Waals surface area (Å²) in [5.41, 5.74) is 10.7. The number of nitrogens with zero attached hydrogens (tertiary/aromatic N) is 2. The van der Waals surface area contributed by atoms with Gasteiger partial charge >= 0.3 is 99.8 Å². The Morgan fingerprint density at radius 3 is 2.09 bits per heavy atom. The third-order valence-electron chi connectivity index (χ3n) is 8.17. The zero-order valence-corrected chi connectivity index (χ0v) is 31.7. The number of hydrogen-bond acceptors (Lipinski definition) is 3. The molecule has 0 saturated heterocycles. The van der Waals surface area contributed by atoms with Crippen molar-refractivity contribution in [2.75, 3.05) is 0 Å². The molecule has 5 heteroatoms. The summed E-state index contributed by atoms with van der Waals surface area (Å²) in [7, 11) is 0. The molecule has 233 valence electrons. The topological polar surface area (TPSA) is 38.9 Å². The molecule has 0 aliphatic carbocycles. The van der Waals surface area contributed by atoms with Crippen molar-refractivity contribution in [2.24, 2.45) is 0 Å².